The molecule has 1 aromatic carbocycles. The average molecular weight is 226 g/mol. The van der Waals surface area contributed by atoms with Gasteiger partial charge in [0.15, 0.2) is 0 Å². The van der Waals surface area contributed by atoms with Gasteiger partial charge < -0.3 is 10.8 Å². The standard InChI is InChI=1S/C12H19FN2O/c1-2-15(6-7-16)9-11-5-3-4-10(8-14)12(11)13/h3-5,16H,2,6-9,14H2,1H3. The van der Waals surface area contributed by atoms with Crippen molar-refractivity contribution in [1.82, 2.24) is 4.90 Å². The smallest absolute Gasteiger partial charge is 0.132 e. The van der Waals surface area contributed by atoms with Gasteiger partial charge in [0.2, 0.25) is 0 Å². The number of halogens is 1. The molecule has 1 aromatic rings. The molecule has 0 radical (unpaired) electrons. The number of rotatable bonds is 6. The first-order chi connectivity index (χ1) is 7.72. The molecule has 0 fully saturated rings. The number of benzene rings is 1. The molecule has 0 aromatic heterocycles. The third kappa shape index (κ3) is 3.27. The summed E-state index contributed by atoms with van der Waals surface area (Å²) in [5, 5.41) is 8.86. The molecule has 0 heterocycles. The molecule has 0 saturated carbocycles. The first-order valence-electron chi connectivity index (χ1n) is 5.52. The maximum atomic E-state index is 13.8. The van der Waals surface area contributed by atoms with E-state index in [2.05, 4.69) is 0 Å². The van der Waals surface area contributed by atoms with Gasteiger partial charge in [0.25, 0.3) is 0 Å². The molecule has 90 valence electrons. The number of nitrogens with zero attached hydrogens (tertiary/aromatic N) is 1. The van der Waals surface area contributed by atoms with Crippen molar-refractivity contribution in [3.05, 3.63) is 35.1 Å². The monoisotopic (exact) mass is 226 g/mol. The normalized spacial score (nSPS) is 11.1. The average Bonchev–Trinajstić information content (AvgIpc) is 2.31. The van der Waals surface area contributed by atoms with Gasteiger partial charge in [-0.25, -0.2) is 4.39 Å². The van der Waals surface area contributed by atoms with Crippen molar-refractivity contribution >= 4 is 0 Å². The molecule has 0 amide bonds. The van der Waals surface area contributed by atoms with Gasteiger partial charge in [0.05, 0.1) is 6.61 Å². The molecule has 0 unspecified atom stereocenters. The zero-order chi connectivity index (χ0) is 12.0. The quantitative estimate of drug-likeness (QED) is 0.763. The molecule has 0 atom stereocenters. The van der Waals surface area contributed by atoms with E-state index in [-0.39, 0.29) is 19.0 Å². The Kier molecular flexibility index (Phi) is 5.38. The van der Waals surface area contributed by atoms with Crippen LogP contribution in [0.1, 0.15) is 18.1 Å². The molecule has 0 spiro atoms. The fourth-order valence-corrected chi connectivity index (χ4v) is 1.64. The molecule has 1 rings (SSSR count). The number of nitrogens with two attached hydrogens (primary N) is 1. The minimum atomic E-state index is -0.221. The van der Waals surface area contributed by atoms with Crippen LogP contribution in [0.3, 0.4) is 0 Å². The summed E-state index contributed by atoms with van der Waals surface area (Å²) in [5.41, 5.74) is 6.62. The Morgan fingerprint density at radius 3 is 2.62 bits per heavy atom. The minimum Gasteiger partial charge on any atom is -0.395 e. The number of aliphatic hydroxyl groups is 1. The van der Waals surface area contributed by atoms with Crippen molar-refractivity contribution in [3.63, 3.8) is 0 Å². The van der Waals surface area contributed by atoms with Crippen LogP contribution in [0.15, 0.2) is 18.2 Å². The molecule has 4 heteroatoms. The summed E-state index contributed by atoms with van der Waals surface area (Å²) in [6, 6.07) is 5.27. The zero-order valence-electron chi connectivity index (χ0n) is 9.62. The topological polar surface area (TPSA) is 49.5 Å². The lowest BCUT2D eigenvalue weighted by Gasteiger charge is -2.19. The summed E-state index contributed by atoms with van der Waals surface area (Å²) in [6.07, 6.45) is 0. The molecule has 0 bridgehead atoms. The molecule has 0 aliphatic carbocycles. The highest BCUT2D eigenvalue weighted by Crippen LogP contribution is 2.14. The Morgan fingerprint density at radius 2 is 2.06 bits per heavy atom. The van der Waals surface area contributed by atoms with Crippen LogP contribution in [-0.2, 0) is 13.1 Å². The van der Waals surface area contributed by atoms with Crippen molar-refractivity contribution in [2.75, 3.05) is 19.7 Å². The van der Waals surface area contributed by atoms with Crippen LogP contribution in [0.5, 0.6) is 0 Å². The van der Waals surface area contributed by atoms with Gasteiger partial charge in [0, 0.05) is 30.8 Å². The Balaban J connectivity index is 2.79. The first kappa shape index (κ1) is 13.1. The second-order valence-corrected chi connectivity index (χ2v) is 3.69. The van der Waals surface area contributed by atoms with Gasteiger partial charge in [-0.3, -0.25) is 4.90 Å². The van der Waals surface area contributed by atoms with E-state index in [0.717, 1.165) is 6.54 Å². The van der Waals surface area contributed by atoms with Gasteiger partial charge in [-0.05, 0) is 6.54 Å². The van der Waals surface area contributed by atoms with Gasteiger partial charge >= 0.3 is 0 Å². The summed E-state index contributed by atoms with van der Waals surface area (Å²) < 4.78 is 13.8. The Morgan fingerprint density at radius 1 is 1.38 bits per heavy atom. The third-order valence-electron chi connectivity index (χ3n) is 2.64. The van der Waals surface area contributed by atoms with E-state index in [1.54, 1.807) is 12.1 Å². The lowest BCUT2D eigenvalue weighted by atomic mass is 10.1. The molecular weight excluding hydrogens is 207 g/mol. The number of likely N-dealkylation sites (N-methyl/N-ethyl adjacent to an activating group) is 1. The maximum Gasteiger partial charge on any atom is 0.132 e. The number of hydrogen-bond donors (Lipinski definition) is 2. The van der Waals surface area contributed by atoms with E-state index >= 15 is 0 Å². The van der Waals surface area contributed by atoms with Crippen LogP contribution in [0.2, 0.25) is 0 Å². The molecule has 0 saturated heterocycles. The molecule has 0 aliphatic rings. The van der Waals surface area contributed by atoms with Crippen molar-refractivity contribution in [2.24, 2.45) is 5.73 Å². The summed E-state index contributed by atoms with van der Waals surface area (Å²) in [7, 11) is 0. The van der Waals surface area contributed by atoms with Gasteiger partial charge in [-0.2, -0.15) is 0 Å². The van der Waals surface area contributed by atoms with Crippen LogP contribution in [-0.4, -0.2) is 29.7 Å². The fraction of sp³-hybridized carbons (Fsp3) is 0.500. The van der Waals surface area contributed by atoms with E-state index < -0.39 is 0 Å². The Hall–Kier alpha value is -0.970. The molecule has 3 nitrogen and oxygen atoms in total. The van der Waals surface area contributed by atoms with Crippen LogP contribution in [0.4, 0.5) is 4.39 Å². The zero-order valence-corrected chi connectivity index (χ0v) is 9.62. The third-order valence-corrected chi connectivity index (χ3v) is 2.64. The second kappa shape index (κ2) is 6.58. The summed E-state index contributed by atoms with van der Waals surface area (Å²) in [4.78, 5) is 1.98. The fourth-order valence-electron chi connectivity index (χ4n) is 1.64. The largest absolute Gasteiger partial charge is 0.395 e. The molecule has 16 heavy (non-hydrogen) atoms. The maximum absolute atomic E-state index is 13.8. The molecular formula is C12H19FN2O. The first-order valence-corrected chi connectivity index (χ1v) is 5.52. The highest BCUT2D eigenvalue weighted by molar-refractivity contribution is 5.25. The Labute approximate surface area is 95.7 Å². The number of hydrogen-bond acceptors (Lipinski definition) is 3. The predicted octanol–water partition coefficient (Wildman–Crippen LogP) is 1.10. The van der Waals surface area contributed by atoms with E-state index in [1.165, 1.54) is 0 Å². The minimum absolute atomic E-state index is 0.0893. The molecule has 0 aliphatic heterocycles. The predicted molar refractivity (Wildman–Crippen MR) is 62.3 cm³/mol. The van der Waals surface area contributed by atoms with Crippen LogP contribution >= 0.6 is 0 Å². The SMILES string of the molecule is CCN(CCO)Cc1cccc(CN)c1F. The van der Waals surface area contributed by atoms with E-state index in [9.17, 15) is 4.39 Å². The van der Waals surface area contributed by atoms with Crippen LogP contribution in [0.25, 0.3) is 0 Å². The van der Waals surface area contributed by atoms with E-state index in [4.69, 9.17) is 10.8 Å². The Bertz CT molecular complexity index is 331. The van der Waals surface area contributed by atoms with Crippen LogP contribution in [0, 0.1) is 5.82 Å². The van der Waals surface area contributed by atoms with Crippen molar-refractivity contribution in [3.8, 4) is 0 Å². The second-order valence-electron chi connectivity index (χ2n) is 3.69. The van der Waals surface area contributed by atoms with Crippen LogP contribution < -0.4 is 5.73 Å². The van der Waals surface area contributed by atoms with E-state index in [1.807, 2.05) is 17.9 Å². The lowest BCUT2D eigenvalue weighted by Crippen LogP contribution is -2.26. The van der Waals surface area contributed by atoms with Crippen molar-refractivity contribution in [1.29, 1.82) is 0 Å². The highest BCUT2D eigenvalue weighted by Gasteiger charge is 2.09. The van der Waals surface area contributed by atoms with Crippen molar-refractivity contribution in [2.45, 2.75) is 20.0 Å². The van der Waals surface area contributed by atoms with E-state index in [0.29, 0.717) is 24.2 Å². The van der Waals surface area contributed by atoms with Gasteiger partial charge in [-0.15, -0.1) is 0 Å². The van der Waals surface area contributed by atoms with Gasteiger partial charge in [0.1, 0.15) is 5.82 Å². The highest BCUT2D eigenvalue weighted by atomic mass is 19.1. The summed E-state index contributed by atoms with van der Waals surface area (Å²) >= 11 is 0. The lowest BCUT2D eigenvalue weighted by molar-refractivity contribution is 0.195. The summed E-state index contributed by atoms with van der Waals surface area (Å²) in [6.45, 7) is 4.14. The van der Waals surface area contributed by atoms with Gasteiger partial charge in [-0.1, -0.05) is 25.1 Å². The summed E-state index contributed by atoms with van der Waals surface area (Å²) in [5.74, 6) is -0.221. The molecule has 3 N–H and O–H groups in total. The number of aliphatic hydroxyl groups excluding tert-OH is 1. The van der Waals surface area contributed by atoms with Crippen molar-refractivity contribution < 1.29 is 9.50 Å².